The molecule has 9 nitrogen and oxygen atoms in total. The molecule has 0 saturated heterocycles. The normalized spacial score (nSPS) is 32.6. The maximum Gasteiger partial charge on any atom is 0.316 e. The van der Waals surface area contributed by atoms with Crippen molar-refractivity contribution in [3.63, 3.8) is 0 Å². The molecule has 10 rings (SSSR count). The predicted molar refractivity (Wildman–Crippen MR) is 152 cm³/mol. The van der Waals surface area contributed by atoms with Crippen LogP contribution in [-0.4, -0.2) is 49.8 Å². The maximum atomic E-state index is 14.4. The van der Waals surface area contributed by atoms with Gasteiger partial charge < -0.3 is 14.2 Å². The molecule has 7 fully saturated rings. The average molecular weight is 573 g/mol. The Morgan fingerprint density at radius 2 is 1.71 bits per heavy atom. The van der Waals surface area contributed by atoms with Gasteiger partial charge in [0.05, 0.1) is 18.5 Å². The monoisotopic (exact) mass is 572 g/mol. The maximum absolute atomic E-state index is 14.4. The molecule has 0 atom stereocenters. The number of fused-ring (bicyclic) bond motifs is 3. The molecule has 220 valence electrons. The van der Waals surface area contributed by atoms with Crippen molar-refractivity contribution in [2.24, 2.45) is 10.8 Å². The minimum Gasteiger partial charge on any atom is -0.464 e. The Morgan fingerprint density at radius 3 is 2.36 bits per heavy atom. The van der Waals surface area contributed by atoms with Crippen LogP contribution >= 0.6 is 0 Å². The molecule has 0 N–H and O–H groups in total. The molecule has 3 aromatic rings. The van der Waals surface area contributed by atoms with Crippen molar-refractivity contribution in [3.8, 4) is 17.1 Å². The molecular formula is C32H37FN6O3. The van der Waals surface area contributed by atoms with Crippen LogP contribution in [0, 0.1) is 10.8 Å². The first kappa shape index (κ1) is 26.2. The van der Waals surface area contributed by atoms with Crippen LogP contribution in [0.5, 0.6) is 6.01 Å². The topological polar surface area (TPSA) is 107 Å². The van der Waals surface area contributed by atoms with Gasteiger partial charge in [-0.15, -0.1) is 0 Å². The highest BCUT2D eigenvalue weighted by Crippen LogP contribution is 2.71. The van der Waals surface area contributed by atoms with Crippen LogP contribution in [-0.2, 0) is 10.2 Å². The van der Waals surface area contributed by atoms with Crippen LogP contribution in [0.4, 0.5) is 10.1 Å². The van der Waals surface area contributed by atoms with E-state index in [9.17, 15) is 9.18 Å². The Bertz CT molecular complexity index is 1470. The van der Waals surface area contributed by atoms with Crippen molar-refractivity contribution in [1.29, 1.82) is 0 Å². The van der Waals surface area contributed by atoms with Crippen LogP contribution in [0.3, 0.4) is 0 Å². The standard InChI is InChI=1S/C32H37FN6O3/c1-2-41-28-35-14-23(15-36-28)22-11-24(16-34-13-22)39(25(40)12-30-17-32(33,18-30)19-30)20-29-5-8-31(9-6-29,10-7-29)27-37-26(38-42-27)21-3-4-21/h11,13-16,21H,2-10,12,17-20H2,1H3. The minimum atomic E-state index is -1.02. The van der Waals surface area contributed by atoms with Crippen LogP contribution in [0.15, 0.2) is 35.4 Å². The summed E-state index contributed by atoms with van der Waals surface area (Å²) in [5, 5.41) is 4.31. The Morgan fingerprint density at radius 1 is 1.00 bits per heavy atom. The number of nitrogens with zero attached hydrogens (tertiary/aromatic N) is 6. The number of halogens is 1. The summed E-state index contributed by atoms with van der Waals surface area (Å²) in [5.41, 5.74) is 1.22. The summed E-state index contributed by atoms with van der Waals surface area (Å²) >= 11 is 0. The molecule has 3 aromatic heterocycles. The fourth-order valence-corrected chi connectivity index (χ4v) is 8.30. The molecule has 7 saturated carbocycles. The van der Waals surface area contributed by atoms with Gasteiger partial charge in [-0.1, -0.05) is 5.16 Å². The highest BCUT2D eigenvalue weighted by molar-refractivity contribution is 5.94. The lowest BCUT2D eigenvalue weighted by atomic mass is 9.41. The first-order chi connectivity index (χ1) is 20.3. The molecule has 10 heteroatoms. The zero-order valence-electron chi connectivity index (χ0n) is 24.1. The van der Waals surface area contributed by atoms with Gasteiger partial charge in [-0.05, 0) is 94.4 Å². The molecule has 7 aliphatic rings. The van der Waals surface area contributed by atoms with Gasteiger partial charge in [-0.3, -0.25) is 9.78 Å². The zero-order valence-corrected chi connectivity index (χ0v) is 24.1. The number of carbonyl (C=O) groups is 1. The second-order valence-electron chi connectivity index (χ2n) is 14.0. The number of carbonyl (C=O) groups excluding carboxylic acids is 1. The van der Waals surface area contributed by atoms with E-state index in [2.05, 4.69) is 20.1 Å². The van der Waals surface area contributed by atoms with E-state index in [-0.39, 0.29) is 22.2 Å². The fraction of sp³-hybridized carbons (Fsp3) is 0.625. The van der Waals surface area contributed by atoms with Crippen LogP contribution in [0.2, 0.25) is 0 Å². The lowest BCUT2D eigenvalue weighted by Gasteiger charge is -2.66. The van der Waals surface area contributed by atoms with Crippen molar-refractivity contribution in [3.05, 3.63) is 42.6 Å². The Labute approximate surface area is 244 Å². The van der Waals surface area contributed by atoms with Crippen molar-refractivity contribution >= 4 is 11.6 Å². The number of aromatic nitrogens is 5. The molecule has 0 aromatic carbocycles. The largest absolute Gasteiger partial charge is 0.464 e. The molecule has 4 bridgehead atoms. The van der Waals surface area contributed by atoms with Gasteiger partial charge in [0.1, 0.15) is 5.67 Å². The van der Waals surface area contributed by atoms with E-state index >= 15 is 0 Å². The zero-order chi connectivity index (χ0) is 28.6. The summed E-state index contributed by atoms with van der Waals surface area (Å²) in [7, 11) is 0. The number of hydrogen-bond donors (Lipinski definition) is 0. The van der Waals surface area contributed by atoms with Crippen molar-refractivity contribution in [2.75, 3.05) is 18.1 Å². The minimum absolute atomic E-state index is 0.0236. The summed E-state index contributed by atoms with van der Waals surface area (Å²) < 4.78 is 25.6. The molecule has 3 heterocycles. The van der Waals surface area contributed by atoms with Crippen LogP contribution < -0.4 is 9.64 Å². The van der Waals surface area contributed by atoms with E-state index < -0.39 is 5.67 Å². The van der Waals surface area contributed by atoms with Crippen LogP contribution in [0.1, 0.15) is 102 Å². The molecule has 0 aliphatic heterocycles. The van der Waals surface area contributed by atoms with E-state index in [1.807, 2.05) is 17.9 Å². The van der Waals surface area contributed by atoms with Gasteiger partial charge >= 0.3 is 6.01 Å². The van der Waals surface area contributed by atoms with Crippen molar-refractivity contribution in [2.45, 2.75) is 101 Å². The molecule has 42 heavy (non-hydrogen) atoms. The summed E-state index contributed by atoms with van der Waals surface area (Å²) in [6.45, 7) is 3.03. The molecule has 0 unspecified atom stereocenters. The summed E-state index contributed by atoms with van der Waals surface area (Å²) in [6.07, 6.45) is 17.3. The van der Waals surface area contributed by atoms with E-state index in [1.54, 1.807) is 24.8 Å². The Kier molecular flexibility index (Phi) is 5.79. The fourth-order valence-electron chi connectivity index (χ4n) is 8.30. The Hall–Kier alpha value is -3.43. The van der Waals surface area contributed by atoms with E-state index in [4.69, 9.17) is 14.2 Å². The number of ether oxygens (including phenoxy) is 1. The van der Waals surface area contributed by atoms with Gasteiger partial charge in [0.25, 0.3) is 0 Å². The number of rotatable bonds is 10. The lowest BCUT2D eigenvalue weighted by molar-refractivity contribution is -0.215. The lowest BCUT2D eigenvalue weighted by Crippen LogP contribution is -2.65. The van der Waals surface area contributed by atoms with E-state index in [0.717, 1.165) is 79.9 Å². The third kappa shape index (κ3) is 4.40. The van der Waals surface area contributed by atoms with E-state index in [0.29, 0.717) is 50.8 Å². The SMILES string of the molecule is CCOc1ncc(-c2cncc(N(CC34CCC(c5nc(C6CC6)no5)(CC3)CC4)C(=O)CC34CC(F)(C3)C4)c2)cn1. The predicted octanol–water partition coefficient (Wildman–Crippen LogP) is 6.11. The highest BCUT2D eigenvalue weighted by atomic mass is 19.1. The quantitative estimate of drug-likeness (QED) is 0.287. The number of amides is 1. The van der Waals surface area contributed by atoms with Crippen LogP contribution in [0.25, 0.3) is 11.1 Å². The number of alkyl halides is 1. The molecule has 1 amide bonds. The summed E-state index contributed by atoms with van der Waals surface area (Å²) in [5.74, 6) is 2.26. The van der Waals surface area contributed by atoms with Gasteiger partial charge in [-0.2, -0.15) is 4.98 Å². The van der Waals surface area contributed by atoms with E-state index in [1.165, 1.54) is 0 Å². The second kappa shape index (κ2) is 9.28. The smallest absolute Gasteiger partial charge is 0.316 e. The van der Waals surface area contributed by atoms with Gasteiger partial charge in [-0.25, -0.2) is 14.4 Å². The third-order valence-corrected chi connectivity index (χ3v) is 10.9. The molecule has 7 aliphatic carbocycles. The number of hydrogen-bond acceptors (Lipinski definition) is 8. The number of pyridine rings is 1. The molecular weight excluding hydrogens is 535 g/mol. The number of anilines is 1. The van der Waals surface area contributed by atoms with Gasteiger partial charge in [0.2, 0.25) is 11.8 Å². The van der Waals surface area contributed by atoms with Gasteiger partial charge in [0, 0.05) is 54.0 Å². The van der Waals surface area contributed by atoms with Crippen molar-refractivity contribution < 1.29 is 18.4 Å². The second-order valence-corrected chi connectivity index (χ2v) is 14.0. The summed E-state index contributed by atoms with van der Waals surface area (Å²) in [6, 6.07) is 2.34. The van der Waals surface area contributed by atoms with Gasteiger partial charge in [0.15, 0.2) is 5.82 Å². The average Bonchev–Trinajstić information content (AvgIpc) is 3.71. The molecule has 0 radical (unpaired) electrons. The van der Waals surface area contributed by atoms with Crippen molar-refractivity contribution in [1.82, 2.24) is 25.1 Å². The first-order valence-electron chi connectivity index (χ1n) is 15.5. The third-order valence-electron chi connectivity index (χ3n) is 10.9. The highest BCUT2D eigenvalue weighted by Gasteiger charge is 2.69. The summed E-state index contributed by atoms with van der Waals surface area (Å²) in [4.78, 5) is 34.0. The first-order valence-corrected chi connectivity index (χ1v) is 15.5. The molecule has 0 spiro atoms. The Balaban J connectivity index is 1.04.